The van der Waals surface area contributed by atoms with E-state index in [0.29, 0.717) is 0 Å². The first-order valence-corrected chi connectivity index (χ1v) is 8.58. The molecular formula is C16H19Cl2NO8. The molecule has 9 nitrogen and oxygen atoms in total. The van der Waals surface area contributed by atoms with E-state index in [2.05, 4.69) is 5.32 Å². The van der Waals surface area contributed by atoms with Crippen LogP contribution in [0.3, 0.4) is 0 Å². The molecule has 1 aromatic rings. The minimum Gasteiger partial charge on any atom is -0.494 e. The molecule has 0 aliphatic carbocycles. The fourth-order valence-electron chi connectivity index (χ4n) is 2.63. The molecule has 150 valence electrons. The zero-order chi connectivity index (χ0) is 20.3. The van der Waals surface area contributed by atoms with Crippen molar-refractivity contribution in [3.05, 3.63) is 27.7 Å². The van der Waals surface area contributed by atoms with Crippen LogP contribution in [-0.2, 0) is 14.3 Å². The van der Waals surface area contributed by atoms with E-state index in [1.54, 1.807) is 0 Å². The van der Waals surface area contributed by atoms with Gasteiger partial charge in [0.15, 0.2) is 12.0 Å². The molecule has 0 saturated carbocycles. The van der Waals surface area contributed by atoms with Crippen molar-refractivity contribution in [2.45, 2.75) is 37.6 Å². The Morgan fingerprint density at radius 2 is 1.81 bits per heavy atom. The van der Waals surface area contributed by atoms with Gasteiger partial charge in [-0.1, -0.05) is 23.2 Å². The number of benzene rings is 1. The Morgan fingerprint density at radius 3 is 2.41 bits per heavy atom. The van der Waals surface area contributed by atoms with Gasteiger partial charge in [0.05, 0.1) is 17.2 Å². The van der Waals surface area contributed by atoms with Crippen LogP contribution >= 0.6 is 23.2 Å². The predicted molar refractivity (Wildman–Crippen MR) is 93.8 cm³/mol. The number of carbonyl (C=O) groups is 2. The number of aliphatic hydroxyl groups excluding tert-OH is 3. The molecule has 2 rings (SSSR count). The van der Waals surface area contributed by atoms with E-state index in [9.17, 15) is 24.9 Å². The zero-order valence-electron chi connectivity index (χ0n) is 14.4. The highest BCUT2D eigenvalue weighted by Gasteiger charge is 2.44. The van der Waals surface area contributed by atoms with E-state index in [1.807, 2.05) is 0 Å². The maximum absolute atomic E-state index is 12.4. The van der Waals surface area contributed by atoms with Gasteiger partial charge in [0.25, 0.3) is 0 Å². The number of rotatable bonds is 5. The third-order valence-corrected chi connectivity index (χ3v) is 4.55. The molecule has 4 N–H and O–H groups in total. The number of hydrogen-bond donors (Lipinski definition) is 4. The summed E-state index contributed by atoms with van der Waals surface area (Å²) in [5, 5.41) is 32.6. The van der Waals surface area contributed by atoms with Gasteiger partial charge in [-0.3, -0.25) is 4.79 Å². The number of esters is 1. The molecule has 1 aromatic carbocycles. The Morgan fingerprint density at radius 1 is 1.19 bits per heavy atom. The second-order valence-corrected chi connectivity index (χ2v) is 6.62. The smallest absolute Gasteiger partial charge is 0.343 e. The Balaban J connectivity index is 2.08. The highest BCUT2D eigenvalue weighted by Crippen LogP contribution is 2.34. The maximum Gasteiger partial charge on any atom is 0.343 e. The van der Waals surface area contributed by atoms with Crippen molar-refractivity contribution in [2.24, 2.45) is 0 Å². The van der Waals surface area contributed by atoms with Crippen LogP contribution in [0.1, 0.15) is 17.3 Å². The summed E-state index contributed by atoms with van der Waals surface area (Å²) < 4.78 is 15.3. The van der Waals surface area contributed by atoms with Crippen LogP contribution in [-0.4, -0.2) is 71.6 Å². The quantitative estimate of drug-likeness (QED) is 0.489. The highest BCUT2D eigenvalue weighted by molar-refractivity contribution is 6.37. The normalized spacial score (nSPS) is 27.7. The summed E-state index contributed by atoms with van der Waals surface area (Å²) in [6, 6.07) is 1.61. The van der Waals surface area contributed by atoms with Gasteiger partial charge >= 0.3 is 5.97 Å². The predicted octanol–water partition coefficient (Wildman–Crippen LogP) is 0.103. The SMILES string of the molecule is COc1c(Cl)ccc(Cl)c1C(=O)OC[C@H]1O[C@@H](O)[C@H](NC(C)=O)[C@@H](O)[C@@H]1O. The molecule has 27 heavy (non-hydrogen) atoms. The topological polar surface area (TPSA) is 135 Å². The number of halogens is 2. The second kappa shape index (κ2) is 9.05. The molecule has 0 radical (unpaired) electrons. The number of carbonyl (C=O) groups excluding carboxylic acids is 2. The van der Waals surface area contributed by atoms with Crippen LogP contribution in [0.5, 0.6) is 5.75 Å². The van der Waals surface area contributed by atoms with E-state index >= 15 is 0 Å². The van der Waals surface area contributed by atoms with E-state index in [4.69, 9.17) is 37.4 Å². The van der Waals surface area contributed by atoms with Gasteiger partial charge in [0.2, 0.25) is 5.91 Å². The van der Waals surface area contributed by atoms with Crippen LogP contribution in [0.15, 0.2) is 12.1 Å². The van der Waals surface area contributed by atoms with E-state index < -0.39 is 49.1 Å². The standard InChI is InChI=1S/C16H19Cl2NO8/c1-6(20)19-11-13(22)12(21)9(27-16(11)24)5-26-15(23)10-7(17)3-4-8(18)14(10)25-2/h3-4,9,11-13,16,21-22,24H,5H2,1-2H3,(H,19,20)/t9-,11-,12-,13-,16-/m1/s1. The van der Waals surface area contributed by atoms with Crippen molar-refractivity contribution < 1.29 is 39.1 Å². The fourth-order valence-corrected chi connectivity index (χ4v) is 3.09. The third-order valence-electron chi connectivity index (χ3n) is 3.94. The van der Waals surface area contributed by atoms with Gasteiger partial charge in [-0.15, -0.1) is 0 Å². The van der Waals surface area contributed by atoms with Gasteiger partial charge in [0, 0.05) is 6.92 Å². The average Bonchev–Trinajstić information content (AvgIpc) is 2.61. The Labute approximate surface area is 164 Å². The molecular weight excluding hydrogens is 405 g/mol. The molecule has 11 heteroatoms. The molecule has 1 fully saturated rings. The van der Waals surface area contributed by atoms with Crippen molar-refractivity contribution in [2.75, 3.05) is 13.7 Å². The second-order valence-electron chi connectivity index (χ2n) is 5.81. The highest BCUT2D eigenvalue weighted by atomic mass is 35.5. The Hall–Kier alpha value is -1.62. The molecule has 1 aliphatic heterocycles. The maximum atomic E-state index is 12.4. The lowest BCUT2D eigenvalue weighted by Gasteiger charge is -2.40. The van der Waals surface area contributed by atoms with E-state index in [-0.39, 0.29) is 21.4 Å². The van der Waals surface area contributed by atoms with Crippen LogP contribution in [0.2, 0.25) is 10.0 Å². The number of aliphatic hydroxyl groups is 3. The van der Waals surface area contributed by atoms with Crippen LogP contribution in [0.4, 0.5) is 0 Å². The summed E-state index contributed by atoms with van der Waals surface area (Å²) in [4.78, 5) is 23.5. The van der Waals surface area contributed by atoms with Gasteiger partial charge in [0.1, 0.15) is 36.5 Å². The molecule has 0 aromatic heterocycles. The summed E-state index contributed by atoms with van der Waals surface area (Å²) in [6.45, 7) is 0.675. The minimum absolute atomic E-state index is 0.0186. The largest absolute Gasteiger partial charge is 0.494 e. The Kier molecular flexibility index (Phi) is 7.26. The molecule has 5 atom stereocenters. The number of hydrogen-bond acceptors (Lipinski definition) is 8. The Bertz CT molecular complexity index is 716. The monoisotopic (exact) mass is 423 g/mol. The number of amides is 1. The number of methoxy groups -OCH3 is 1. The lowest BCUT2D eigenvalue weighted by molar-refractivity contribution is -0.253. The minimum atomic E-state index is -1.61. The number of nitrogens with one attached hydrogen (secondary N) is 1. The van der Waals surface area contributed by atoms with Crippen molar-refractivity contribution in [3.8, 4) is 5.75 Å². The van der Waals surface area contributed by atoms with Crippen LogP contribution in [0, 0.1) is 0 Å². The molecule has 1 amide bonds. The fraction of sp³-hybridized carbons (Fsp3) is 0.500. The lowest BCUT2D eigenvalue weighted by Crippen LogP contribution is -2.64. The van der Waals surface area contributed by atoms with Gasteiger partial charge < -0.3 is 34.8 Å². The lowest BCUT2D eigenvalue weighted by atomic mass is 9.97. The van der Waals surface area contributed by atoms with E-state index in [1.165, 1.54) is 26.2 Å². The summed E-state index contributed by atoms with van der Waals surface area (Å²) >= 11 is 12.0. The zero-order valence-corrected chi connectivity index (χ0v) is 15.9. The van der Waals surface area contributed by atoms with Crippen LogP contribution < -0.4 is 10.1 Å². The molecule has 1 heterocycles. The first kappa shape index (κ1) is 21.7. The molecule has 0 spiro atoms. The van der Waals surface area contributed by atoms with Gasteiger partial charge in [-0.05, 0) is 12.1 Å². The molecule has 1 saturated heterocycles. The van der Waals surface area contributed by atoms with Gasteiger partial charge in [-0.2, -0.15) is 0 Å². The summed E-state index contributed by atoms with van der Waals surface area (Å²) in [5.41, 5.74) is -0.116. The van der Waals surface area contributed by atoms with Crippen molar-refractivity contribution >= 4 is 35.1 Å². The van der Waals surface area contributed by atoms with Crippen molar-refractivity contribution in [3.63, 3.8) is 0 Å². The summed E-state index contributed by atoms with van der Waals surface area (Å²) in [6.07, 6.45) is -5.92. The van der Waals surface area contributed by atoms with Crippen molar-refractivity contribution in [1.82, 2.24) is 5.32 Å². The summed E-state index contributed by atoms with van der Waals surface area (Å²) in [7, 11) is 1.30. The third kappa shape index (κ3) is 4.81. The average molecular weight is 424 g/mol. The molecule has 1 aliphatic rings. The molecule has 0 bridgehead atoms. The van der Waals surface area contributed by atoms with Crippen LogP contribution in [0.25, 0.3) is 0 Å². The van der Waals surface area contributed by atoms with Crippen molar-refractivity contribution in [1.29, 1.82) is 0 Å². The molecule has 0 unspecified atom stereocenters. The first-order valence-electron chi connectivity index (χ1n) is 7.83. The van der Waals surface area contributed by atoms with Gasteiger partial charge in [-0.25, -0.2) is 4.79 Å². The number of ether oxygens (including phenoxy) is 3. The summed E-state index contributed by atoms with van der Waals surface area (Å²) in [5.74, 6) is -1.41. The van der Waals surface area contributed by atoms with E-state index in [0.717, 1.165) is 0 Å². The first-order chi connectivity index (χ1) is 12.7.